The minimum absolute atomic E-state index is 0.464. The average Bonchev–Trinajstić information content (AvgIpc) is 2.73. The predicted molar refractivity (Wildman–Crippen MR) is 117 cm³/mol. The van der Waals surface area contributed by atoms with Crippen molar-refractivity contribution < 1.29 is 4.74 Å². The number of aliphatic imine (C=N–C) groups is 1. The van der Waals surface area contributed by atoms with E-state index >= 15 is 0 Å². The van der Waals surface area contributed by atoms with Gasteiger partial charge >= 0.3 is 0 Å². The number of likely N-dealkylation sites (tertiary alicyclic amines) is 1. The maximum absolute atomic E-state index is 7.36. The van der Waals surface area contributed by atoms with Crippen LogP contribution in [0.25, 0.3) is 5.70 Å². The van der Waals surface area contributed by atoms with Gasteiger partial charge in [-0.1, -0.05) is 36.9 Å². The number of ether oxygens (including phenoxy) is 1. The van der Waals surface area contributed by atoms with Gasteiger partial charge in [-0.3, -0.25) is 0 Å². The monoisotopic (exact) mass is 378 g/mol. The van der Waals surface area contributed by atoms with Gasteiger partial charge in [0.1, 0.15) is 11.6 Å². The number of piperidine rings is 1. The third-order valence-corrected chi connectivity index (χ3v) is 5.21. The van der Waals surface area contributed by atoms with Crippen LogP contribution in [0.5, 0.6) is 0 Å². The maximum atomic E-state index is 7.36. The van der Waals surface area contributed by atoms with Crippen molar-refractivity contribution in [2.24, 2.45) is 10.9 Å². The summed E-state index contributed by atoms with van der Waals surface area (Å²) in [6.45, 7) is 9.93. The first-order chi connectivity index (χ1) is 13.7. The Morgan fingerprint density at radius 3 is 2.89 bits per heavy atom. The largest absolute Gasteiger partial charge is 0.492 e. The molecule has 1 aromatic rings. The zero-order valence-electron chi connectivity index (χ0n) is 16.7. The van der Waals surface area contributed by atoms with Crippen LogP contribution in [0.3, 0.4) is 0 Å². The lowest BCUT2D eigenvalue weighted by atomic mass is 9.93. The summed E-state index contributed by atoms with van der Waals surface area (Å²) >= 11 is 0. The van der Waals surface area contributed by atoms with Crippen molar-refractivity contribution in [2.45, 2.75) is 26.2 Å². The highest BCUT2D eigenvalue weighted by Gasteiger charge is 2.26. The van der Waals surface area contributed by atoms with E-state index in [4.69, 9.17) is 15.1 Å². The van der Waals surface area contributed by atoms with Gasteiger partial charge in [-0.2, -0.15) is 0 Å². The van der Waals surface area contributed by atoms with Crippen LogP contribution >= 0.6 is 0 Å². The van der Waals surface area contributed by atoms with Crippen molar-refractivity contribution in [1.82, 2.24) is 10.2 Å². The minimum atomic E-state index is 0.464. The van der Waals surface area contributed by atoms with E-state index < -0.39 is 0 Å². The Kier molecular flexibility index (Phi) is 7.20. The number of nitrogens with one attached hydrogen (secondary N) is 2. The molecule has 1 fully saturated rings. The lowest BCUT2D eigenvalue weighted by Gasteiger charge is -2.34. The van der Waals surface area contributed by atoms with Crippen molar-refractivity contribution in [3.8, 4) is 0 Å². The molecule has 5 nitrogen and oxygen atoms in total. The molecule has 0 spiro atoms. The zero-order chi connectivity index (χ0) is 19.8. The van der Waals surface area contributed by atoms with Crippen LogP contribution in [0.15, 0.2) is 59.8 Å². The minimum Gasteiger partial charge on any atom is -0.492 e. The average molecular weight is 379 g/mol. The van der Waals surface area contributed by atoms with Crippen LogP contribution in [0.1, 0.15) is 31.7 Å². The summed E-state index contributed by atoms with van der Waals surface area (Å²) in [6.07, 6.45) is 10.1. The van der Waals surface area contributed by atoms with Gasteiger partial charge in [0.25, 0.3) is 0 Å². The Balaban J connectivity index is 1.43. The van der Waals surface area contributed by atoms with Crippen LogP contribution < -0.4 is 5.32 Å². The molecule has 28 heavy (non-hydrogen) atoms. The molecule has 2 heterocycles. The molecule has 0 atom stereocenters. The van der Waals surface area contributed by atoms with Crippen LogP contribution in [0.4, 0.5) is 5.69 Å². The number of allylic oxidation sites excluding steroid dienone is 4. The first kappa shape index (κ1) is 20.1. The number of benzene rings is 1. The van der Waals surface area contributed by atoms with Crippen LogP contribution in [0, 0.1) is 11.3 Å². The van der Waals surface area contributed by atoms with E-state index in [0.29, 0.717) is 18.3 Å². The van der Waals surface area contributed by atoms with E-state index in [1.54, 1.807) is 0 Å². The molecule has 148 valence electrons. The topological polar surface area (TPSA) is 60.7 Å². The van der Waals surface area contributed by atoms with Crippen molar-refractivity contribution in [3.63, 3.8) is 0 Å². The van der Waals surface area contributed by atoms with Gasteiger partial charge in [0.2, 0.25) is 0 Å². The highest BCUT2D eigenvalue weighted by Crippen LogP contribution is 2.30. The lowest BCUT2D eigenvalue weighted by molar-refractivity contribution is 0.170. The molecule has 2 N–H and O–H groups in total. The molecule has 0 aliphatic carbocycles. The summed E-state index contributed by atoms with van der Waals surface area (Å²) in [5, 5.41) is 10.8. The second kappa shape index (κ2) is 10.0. The summed E-state index contributed by atoms with van der Waals surface area (Å²) < 4.78 is 5.65. The fourth-order valence-electron chi connectivity index (χ4n) is 3.64. The normalized spacial score (nSPS) is 18.5. The third kappa shape index (κ3) is 5.20. The van der Waals surface area contributed by atoms with E-state index in [9.17, 15) is 0 Å². The highest BCUT2D eigenvalue weighted by molar-refractivity contribution is 5.98. The number of fused-ring (bicyclic) bond motifs is 1. The first-order valence-electron chi connectivity index (χ1n) is 10.0. The van der Waals surface area contributed by atoms with Gasteiger partial charge in [-0.25, -0.2) is 4.99 Å². The number of amidine groups is 1. The molecule has 1 aromatic carbocycles. The summed E-state index contributed by atoms with van der Waals surface area (Å²) in [5.41, 5.74) is 3.07. The van der Waals surface area contributed by atoms with Crippen molar-refractivity contribution >= 4 is 23.4 Å². The summed E-state index contributed by atoms with van der Waals surface area (Å²) in [5.74, 6) is 2.14. The molecular weight excluding hydrogens is 348 g/mol. The Labute approximate surface area is 168 Å². The van der Waals surface area contributed by atoms with Gasteiger partial charge in [-0.05, 0) is 51.4 Å². The molecule has 0 radical (unpaired) electrons. The van der Waals surface area contributed by atoms with Gasteiger partial charge in [0.05, 0.1) is 18.5 Å². The Hall–Kier alpha value is -2.66. The van der Waals surface area contributed by atoms with Gasteiger partial charge in [0.15, 0.2) is 0 Å². The number of rotatable bonds is 8. The second-order valence-electron chi connectivity index (χ2n) is 7.17. The SMILES string of the molecule is C=C1NC(C2CCN(CCCO/C(C=N)=C/C=C/C)CC2)=Nc2ccccc21. The Morgan fingerprint density at radius 1 is 1.36 bits per heavy atom. The number of hydrogen-bond acceptors (Lipinski definition) is 5. The molecule has 2 aliphatic heterocycles. The number of nitrogens with zero attached hydrogens (tertiary/aromatic N) is 2. The van der Waals surface area contributed by atoms with Crippen LogP contribution in [-0.2, 0) is 4.74 Å². The molecular formula is C23H30N4O. The van der Waals surface area contributed by atoms with E-state index in [2.05, 4.69) is 28.9 Å². The first-order valence-corrected chi connectivity index (χ1v) is 10.0. The van der Waals surface area contributed by atoms with E-state index in [0.717, 1.165) is 61.7 Å². The molecule has 2 aliphatic rings. The lowest BCUT2D eigenvalue weighted by Crippen LogP contribution is -2.41. The summed E-state index contributed by atoms with van der Waals surface area (Å²) in [4.78, 5) is 7.34. The number of hydrogen-bond donors (Lipinski definition) is 2. The van der Waals surface area contributed by atoms with Gasteiger partial charge < -0.3 is 20.4 Å². The van der Waals surface area contributed by atoms with Crippen molar-refractivity contribution in [3.05, 3.63) is 60.4 Å². The molecule has 0 amide bonds. The highest BCUT2D eigenvalue weighted by atomic mass is 16.5. The quantitative estimate of drug-likeness (QED) is 0.303. The fraction of sp³-hybridized carbons (Fsp3) is 0.391. The standard InChI is InChI=1S/C23H30N4O/c1-3-4-8-20(17-24)28-16-7-13-27-14-11-19(12-15-27)23-25-18(2)21-9-5-6-10-22(21)26-23/h3-6,8-10,17,19,24H,2,7,11-16H2,1H3,(H,25,26)/b4-3+,20-8+,24-17?. The molecule has 0 unspecified atom stereocenters. The molecule has 0 aromatic heterocycles. The van der Waals surface area contributed by atoms with Gasteiger partial charge in [0, 0.05) is 23.7 Å². The molecule has 0 saturated carbocycles. The molecule has 0 bridgehead atoms. The molecule has 1 saturated heterocycles. The van der Waals surface area contributed by atoms with Crippen LogP contribution in [0.2, 0.25) is 0 Å². The molecule has 5 heteroatoms. The van der Waals surface area contributed by atoms with E-state index in [1.807, 2.05) is 37.3 Å². The van der Waals surface area contributed by atoms with Gasteiger partial charge in [-0.15, -0.1) is 0 Å². The van der Waals surface area contributed by atoms with Crippen LogP contribution in [-0.4, -0.2) is 43.2 Å². The number of para-hydroxylation sites is 1. The van der Waals surface area contributed by atoms with Crippen molar-refractivity contribution in [1.29, 1.82) is 5.41 Å². The summed E-state index contributed by atoms with van der Waals surface area (Å²) in [7, 11) is 0. The summed E-state index contributed by atoms with van der Waals surface area (Å²) in [6, 6.07) is 8.17. The maximum Gasteiger partial charge on any atom is 0.136 e. The third-order valence-electron chi connectivity index (χ3n) is 5.21. The smallest absolute Gasteiger partial charge is 0.136 e. The van der Waals surface area contributed by atoms with E-state index in [1.165, 1.54) is 6.21 Å². The molecule has 3 rings (SSSR count). The Morgan fingerprint density at radius 2 is 2.14 bits per heavy atom. The predicted octanol–water partition coefficient (Wildman–Crippen LogP) is 4.52. The Bertz CT molecular complexity index is 786. The zero-order valence-corrected chi connectivity index (χ0v) is 16.7. The van der Waals surface area contributed by atoms with Crippen molar-refractivity contribution in [2.75, 3.05) is 26.2 Å². The fourth-order valence-corrected chi connectivity index (χ4v) is 3.64. The van der Waals surface area contributed by atoms with E-state index in [-0.39, 0.29) is 0 Å². The second-order valence-corrected chi connectivity index (χ2v) is 7.17.